The molecule has 0 saturated heterocycles. The number of pyridine rings is 1. The Hall–Kier alpha value is -1.30. The van der Waals surface area contributed by atoms with Crippen LogP contribution in [0, 0.1) is 6.92 Å². The van der Waals surface area contributed by atoms with Crippen molar-refractivity contribution in [3.05, 3.63) is 22.0 Å². The van der Waals surface area contributed by atoms with Crippen molar-refractivity contribution in [3.8, 4) is 5.88 Å². The van der Waals surface area contributed by atoms with Gasteiger partial charge in [0.15, 0.2) is 15.7 Å². The fourth-order valence-corrected chi connectivity index (χ4v) is 2.79. The molecule has 0 atom stereocenters. The molecule has 1 heterocycles. The minimum atomic E-state index is -3.57. The van der Waals surface area contributed by atoms with E-state index in [-0.39, 0.29) is 16.3 Å². The van der Waals surface area contributed by atoms with Crippen LogP contribution in [0.5, 0.6) is 5.88 Å². The molecule has 0 aromatic carbocycles. The molecule has 0 fully saturated rings. The second-order valence-corrected chi connectivity index (χ2v) is 6.05. The SMILES string of the molecule is CCCCn1c(O)cc(C)c(S(C)(=O)=O)c1=O. The van der Waals surface area contributed by atoms with Crippen LogP contribution in [0.3, 0.4) is 0 Å². The van der Waals surface area contributed by atoms with Gasteiger partial charge in [0.05, 0.1) is 0 Å². The average molecular weight is 259 g/mol. The molecule has 6 heteroatoms. The molecule has 0 aliphatic heterocycles. The maximum atomic E-state index is 12.0. The highest BCUT2D eigenvalue weighted by Crippen LogP contribution is 2.16. The second-order valence-electron chi connectivity index (χ2n) is 4.10. The molecule has 1 aromatic heterocycles. The van der Waals surface area contributed by atoms with E-state index in [0.29, 0.717) is 13.0 Å². The summed E-state index contributed by atoms with van der Waals surface area (Å²) < 4.78 is 24.1. The molecule has 0 unspecified atom stereocenters. The van der Waals surface area contributed by atoms with Crippen molar-refractivity contribution >= 4 is 9.84 Å². The third-order valence-electron chi connectivity index (χ3n) is 2.53. The summed E-state index contributed by atoms with van der Waals surface area (Å²) in [7, 11) is -3.57. The largest absolute Gasteiger partial charge is 0.494 e. The maximum absolute atomic E-state index is 12.0. The predicted molar refractivity (Wildman–Crippen MR) is 65.1 cm³/mol. The molecule has 1 rings (SSSR count). The Morgan fingerprint density at radius 1 is 1.41 bits per heavy atom. The highest BCUT2D eigenvalue weighted by atomic mass is 32.2. The molecule has 0 aliphatic carbocycles. The summed E-state index contributed by atoms with van der Waals surface area (Å²) in [4.78, 5) is 11.8. The lowest BCUT2D eigenvalue weighted by molar-refractivity contribution is 0.397. The summed E-state index contributed by atoms with van der Waals surface area (Å²) in [5.41, 5.74) is -0.360. The molecule has 0 radical (unpaired) electrons. The van der Waals surface area contributed by atoms with Crippen molar-refractivity contribution in [1.82, 2.24) is 4.57 Å². The molecule has 96 valence electrons. The Morgan fingerprint density at radius 3 is 2.47 bits per heavy atom. The molecule has 5 nitrogen and oxygen atoms in total. The van der Waals surface area contributed by atoms with E-state index >= 15 is 0 Å². The van der Waals surface area contributed by atoms with Crippen molar-refractivity contribution in [2.24, 2.45) is 0 Å². The zero-order chi connectivity index (χ0) is 13.2. The van der Waals surface area contributed by atoms with Gasteiger partial charge in [0, 0.05) is 18.9 Å². The highest BCUT2D eigenvalue weighted by molar-refractivity contribution is 7.90. The van der Waals surface area contributed by atoms with Gasteiger partial charge in [-0.1, -0.05) is 13.3 Å². The van der Waals surface area contributed by atoms with Crippen molar-refractivity contribution in [3.63, 3.8) is 0 Å². The maximum Gasteiger partial charge on any atom is 0.272 e. The number of hydrogen-bond donors (Lipinski definition) is 1. The first-order chi connectivity index (χ1) is 7.79. The Kier molecular flexibility index (Phi) is 3.98. The fraction of sp³-hybridized carbons (Fsp3) is 0.545. The van der Waals surface area contributed by atoms with Gasteiger partial charge in [0.1, 0.15) is 4.90 Å². The third kappa shape index (κ3) is 2.88. The minimum absolute atomic E-state index is 0.187. The quantitative estimate of drug-likeness (QED) is 0.877. The van der Waals surface area contributed by atoms with Crippen LogP contribution in [0.2, 0.25) is 0 Å². The Bertz CT molecular complexity index is 572. The van der Waals surface area contributed by atoms with Gasteiger partial charge in [0.2, 0.25) is 0 Å². The number of sulfone groups is 1. The van der Waals surface area contributed by atoms with E-state index in [4.69, 9.17) is 0 Å². The first kappa shape index (κ1) is 13.8. The zero-order valence-electron chi connectivity index (χ0n) is 10.2. The lowest BCUT2D eigenvalue weighted by Crippen LogP contribution is -2.27. The monoisotopic (exact) mass is 259 g/mol. The number of aromatic hydroxyl groups is 1. The topological polar surface area (TPSA) is 76.4 Å². The van der Waals surface area contributed by atoms with Gasteiger partial charge in [-0.25, -0.2) is 8.42 Å². The summed E-state index contributed by atoms with van der Waals surface area (Å²) in [5, 5.41) is 9.66. The zero-order valence-corrected chi connectivity index (χ0v) is 11.0. The van der Waals surface area contributed by atoms with Gasteiger partial charge in [-0.05, 0) is 18.9 Å². The van der Waals surface area contributed by atoms with Crippen molar-refractivity contribution in [1.29, 1.82) is 0 Å². The number of hydrogen-bond acceptors (Lipinski definition) is 4. The van der Waals surface area contributed by atoms with Gasteiger partial charge in [-0.15, -0.1) is 0 Å². The van der Waals surface area contributed by atoms with Crippen LogP contribution in [0.1, 0.15) is 25.3 Å². The molecule has 0 bridgehead atoms. The Balaban J connectivity index is 3.50. The van der Waals surface area contributed by atoms with E-state index in [1.54, 1.807) is 0 Å². The van der Waals surface area contributed by atoms with E-state index in [0.717, 1.165) is 17.2 Å². The number of aryl methyl sites for hydroxylation is 1. The number of nitrogens with zero attached hydrogens (tertiary/aromatic N) is 1. The lowest BCUT2D eigenvalue weighted by Gasteiger charge is -2.11. The van der Waals surface area contributed by atoms with Gasteiger partial charge >= 0.3 is 0 Å². The van der Waals surface area contributed by atoms with Crippen LogP contribution < -0.4 is 5.56 Å². The fourth-order valence-electron chi connectivity index (χ4n) is 1.72. The summed E-state index contributed by atoms with van der Waals surface area (Å²) >= 11 is 0. The lowest BCUT2D eigenvalue weighted by atomic mass is 10.2. The van der Waals surface area contributed by atoms with E-state index in [1.807, 2.05) is 6.92 Å². The van der Waals surface area contributed by atoms with Crippen LogP contribution in [0.4, 0.5) is 0 Å². The molecule has 0 spiro atoms. The number of unbranched alkanes of at least 4 members (excludes halogenated alkanes) is 1. The summed E-state index contributed by atoms with van der Waals surface area (Å²) in [6.45, 7) is 3.78. The van der Waals surface area contributed by atoms with Crippen LogP contribution in [0.25, 0.3) is 0 Å². The number of rotatable bonds is 4. The van der Waals surface area contributed by atoms with Gasteiger partial charge in [-0.3, -0.25) is 9.36 Å². The third-order valence-corrected chi connectivity index (χ3v) is 3.76. The van der Waals surface area contributed by atoms with E-state index in [2.05, 4.69) is 0 Å². The molecule has 1 aromatic rings. The molecule has 0 amide bonds. The molecule has 17 heavy (non-hydrogen) atoms. The van der Waals surface area contributed by atoms with Gasteiger partial charge in [0.25, 0.3) is 5.56 Å². The van der Waals surface area contributed by atoms with Crippen LogP contribution >= 0.6 is 0 Å². The second kappa shape index (κ2) is 4.91. The molecule has 0 saturated carbocycles. The summed E-state index contributed by atoms with van der Waals surface area (Å²) in [6.07, 6.45) is 2.56. The van der Waals surface area contributed by atoms with Crippen molar-refractivity contribution < 1.29 is 13.5 Å². The van der Waals surface area contributed by atoms with Crippen LogP contribution in [-0.4, -0.2) is 24.3 Å². The molecule has 0 aliphatic rings. The minimum Gasteiger partial charge on any atom is -0.494 e. The van der Waals surface area contributed by atoms with E-state index in [9.17, 15) is 18.3 Å². The summed E-state index contributed by atoms with van der Waals surface area (Å²) in [6, 6.07) is 1.31. The molecular weight excluding hydrogens is 242 g/mol. The molecule has 1 N–H and O–H groups in total. The van der Waals surface area contributed by atoms with E-state index in [1.165, 1.54) is 13.0 Å². The standard InChI is InChI=1S/C11H17NO4S/c1-4-5-6-12-9(13)7-8(2)10(11(12)14)17(3,15)16/h7,13H,4-6H2,1-3H3. The van der Waals surface area contributed by atoms with E-state index < -0.39 is 15.4 Å². The normalized spacial score (nSPS) is 11.7. The highest BCUT2D eigenvalue weighted by Gasteiger charge is 2.19. The first-order valence-electron chi connectivity index (χ1n) is 5.42. The predicted octanol–water partition coefficient (Wildman–Crippen LogP) is 1.07. The van der Waals surface area contributed by atoms with Crippen LogP contribution in [0.15, 0.2) is 15.8 Å². The first-order valence-corrected chi connectivity index (χ1v) is 7.31. The average Bonchev–Trinajstić information content (AvgIpc) is 2.14. The Labute approximate surface area is 101 Å². The summed E-state index contributed by atoms with van der Waals surface area (Å²) in [5.74, 6) is -0.187. The molecular formula is C11H17NO4S. The van der Waals surface area contributed by atoms with Gasteiger partial charge < -0.3 is 5.11 Å². The van der Waals surface area contributed by atoms with Gasteiger partial charge in [-0.2, -0.15) is 0 Å². The van der Waals surface area contributed by atoms with Crippen molar-refractivity contribution in [2.45, 2.75) is 38.1 Å². The van der Waals surface area contributed by atoms with Crippen molar-refractivity contribution in [2.75, 3.05) is 6.26 Å². The number of aromatic nitrogens is 1. The van der Waals surface area contributed by atoms with Crippen LogP contribution in [-0.2, 0) is 16.4 Å². The smallest absolute Gasteiger partial charge is 0.272 e. The Morgan fingerprint density at radius 2 is 2.00 bits per heavy atom.